The van der Waals surface area contributed by atoms with Gasteiger partial charge in [-0.3, -0.25) is 9.52 Å². The fourth-order valence-electron chi connectivity index (χ4n) is 5.70. The number of Topliss-reactive ketones (excluding diaryl/α,β-unsaturated/α-hetero) is 1. The van der Waals surface area contributed by atoms with E-state index in [0.29, 0.717) is 35.6 Å². The Morgan fingerprint density at radius 2 is 1.82 bits per heavy atom. The molecular weight excluding hydrogens is 444 g/mol. The van der Waals surface area contributed by atoms with Gasteiger partial charge >= 0.3 is 0 Å². The van der Waals surface area contributed by atoms with Gasteiger partial charge in [-0.05, 0) is 74.1 Å². The number of nitrogens with one attached hydrogen (secondary N) is 1. The van der Waals surface area contributed by atoms with Crippen LogP contribution in [0.4, 0.5) is 5.69 Å². The van der Waals surface area contributed by atoms with Crippen molar-refractivity contribution in [1.82, 2.24) is 4.57 Å². The van der Waals surface area contributed by atoms with Crippen LogP contribution in [-0.2, 0) is 21.9 Å². The van der Waals surface area contributed by atoms with Crippen molar-refractivity contribution in [1.29, 1.82) is 0 Å². The number of aromatic nitrogens is 1. The molecule has 1 aromatic carbocycles. The zero-order valence-electron chi connectivity index (χ0n) is 21.6. The Morgan fingerprint density at radius 1 is 1.09 bits per heavy atom. The molecule has 1 heterocycles. The summed E-state index contributed by atoms with van der Waals surface area (Å²) in [6.07, 6.45) is 13.5. The van der Waals surface area contributed by atoms with Gasteiger partial charge in [0.05, 0.1) is 5.75 Å². The lowest BCUT2D eigenvalue weighted by Gasteiger charge is -2.21. The minimum absolute atomic E-state index is 0.128. The van der Waals surface area contributed by atoms with Crippen LogP contribution in [0.25, 0.3) is 10.9 Å². The number of carbonyl (C=O) groups excluding carboxylic acids is 1. The number of benzene rings is 1. The predicted molar refractivity (Wildman–Crippen MR) is 143 cm³/mol. The van der Waals surface area contributed by atoms with Gasteiger partial charge in [0.2, 0.25) is 10.0 Å². The zero-order chi connectivity index (χ0) is 24.7. The van der Waals surface area contributed by atoms with Crippen molar-refractivity contribution in [2.75, 3.05) is 10.5 Å². The lowest BCUT2D eigenvalue weighted by molar-refractivity contribution is -0.123. The first-order valence-corrected chi connectivity index (χ1v) is 15.0. The van der Waals surface area contributed by atoms with E-state index in [1.165, 1.54) is 18.4 Å². The summed E-state index contributed by atoms with van der Waals surface area (Å²) in [7, 11) is -1.26. The van der Waals surface area contributed by atoms with Crippen LogP contribution in [0.1, 0.15) is 103 Å². The summed E-state index contributed by atoms with van der Waals surface area (Å²) in [5.74, 6) is 1.80. The Balaban J connectivity index is 1.78. The lowest BCUT2D eigenvalue weighted by atomic mass is 9.83. The summed E-state index contributed by atoms with van der Waals surface area (Å²) in [6, 6.07) is 5.87. The van der Waals surface area contributed by atoms with Gasteiger partial charge in [0, 0.05) is 42.2 Å². The van der Waals surface area contributed by atoms with Crippen LogP contribution in [0.15, 0.2) is 24.4 Å². The average Bonchev–Trinajstić information content (AvgIpc) is 3.44. The quantitative estimate of drug-likeness (QED) is 0.306. The minimum Gasteiger partial charge on any atom is -0.350 e. The van der Waals surface area contributed by atoms with E-state index in [0.717, 1.165) is 62.3 Å². The second-order valence-corrected chi connectivity index (χ2v) is 12.2. The number of hydrogen-bond acceptors (Lipinski definition) is 3. The first kappa shape index (κ1) is 26.8. The Kier molecular flexibility index (Phi) is 9.64. The second kappa shape index (κ2) is 12.2. The van der Waals surface area contributed by atoms with Crippen LogP contribution in [0.3, 0.4) is 0 Å². The van der Waals surface area contributed by atoms with Gasteiger partial charge in [0.15, 0.2) is 0 Å². The van der Waals surface area contributed by atoms with Gasteiger partial charge in [-0.25, -0.2) is 8.42 Å². The normalized spacial score (nSPS) is 16.7. The van der Waals surface area contributed by atoms with E-state index in [4.69, 9.17) is 0 Å². The first-order chi connectivity index (χ1) is 16.3. The largest absolute Gasteiger partial charge is 0.350 e. The third-order valence-electron chi connectivity index (χ3n) is 7.64. The maximum absolute atomic E-state index is 12.8. The molecule has 190 valence electrons. The molecule has 2 aromatic rings. The smallest absolute Gasteiger partial charge is 0.232 e. The van der Waals surface area contributed by atoms with Gasteiger partial charge in [-0.15, -0.1) is 0 Å². The van der Waals surface area contributed by atoms with Crippen molar-refractivity contribution in [3.8, 4) is 0 Å². The Morgan fingerprint density at radius 3 is 2.47 bits per heavy atom. The van der Waals surface area contributed by atoms with Crippen LogP contribution in [0.2, 0.25) is 0 Å². The minimum atomic E-state index is -3.32. The summed E-state index contributed by atoms with van der Waals surface area (Å²) in [4.78, 5) is 12.8. The molecular formula is C28H44N2O3S. The fourth-order valence-corrected chi connectivity index (χ4v) is 6.83. The van der Waals surface area contributed by atoms with Crippen molar-refractivity contribution < 1.29 is 13.2 Å². The molecule has 34 heavy (non-hydrogen) atoms. The maximum Gasteiger partial charge on any atom is 0.232 e. The highest BCUT2D eigenvalue weighted by Gasteiger charge is 2.25. The van der Waals surface area contributed by atoms with Crippen LogP contribution >= 0.6 is 0 Å². The third-order valence-corrected chi connectivity index (χ3v) is 9.14. The molecule has 1 saturated carbocycles. The number of fused-ring (bicyclic) bond motifs is 1. The standard InChI is InChI=1S/C28H44N2O3S/c1-5-10-22(14-13-21(7-3)18-28(31)23-11-8-9-12-23)26-20-30(4)27-16-15-24(19-25(26)27)29-34(32,33)17-6-2/h15-16,19-23,29H,5-14,17-18H2,1-4H3. The number of anilines is 1. The highest BCUT2D eigenvalue weighted by atomic mass is 32.2. The Labute approximate surface area is 206 Å². The lowest BCUT2D eigenvalue weighted by Crippen LogP contribution is -2.16. The summed E-state index contributed by atoms with van der Waals surface area (Å²) in [5, 5.41) is 1.13. The van der Waals surface area contributed by atoms with E-state index < -0.39 is 10.0 Å². The highest BCUT2D eigenvalue weighted by molar-refractivity contribution is 7.92. The fraction of sp³-hybridized carbons (Fsp3) is 0.679. The van der Waals surface area contributed by atoms with E-state index in [-0.39, 0.29) is 5.75 Å². The van der Waals surface area contributed by atoms with E-state index in [1.807, 2.05) is 25.1 Å². The molecule has 2 unspecified atom stereocenters. The Bertz CT molecular complexity index is 1050. The number of hydrogen-bond donors (Lipinski definition) is 1. The maximum atomic E-state index is 12.8. The summed E-state index contributed by atoms with van der Waals surface area (Å²) in [5.41, 5.74) is 3.06. The molecule has 5 nitrogen and oxygen atoms in total. The first-order valence-electron chi connectivity index (χ1n) is 13.4. The zero-order valence-corrected chi connectivity index (χ0v) is 22.4. The van der Waals surface area contributed by atoms with Crippen LogP contribution in [0.5, 0.6) is 0 Å². The van der Waals surface area contributed by atoms with E-state index in [1.54, 1.807) is 0 Å². The molecule has 0 bridgehead atoms. The SMILES string of the molecule is CCCC(CCC(CC)CC(=O)C1CCCC1)c1cn(C)c2ccc(NS(=O)(=O)CCC)cc12. The number of nitrogens with zero attached hydrogens (tertiary/aromatic N) is 1. The molecule has 0 radical (unpaired) electrons. The molecule has 0 saturated heterocycles. The van der Waals surface area contributed by atoms with Crippen LogP contribution < -0.4 is 4.72 Å². The van der Waals surface area contributed by atoms with Crippen molar-refractivity contribution in [3.63, 3.8) is 0 Å². The van der Waals surface area contributed by atoms with E-state index in [2.05, 4.69) is 36.4 Å². The van der Waals surface area contributed by atoms with Gasteiger partial charge < -0.3 is 4.57 Å². The molecule has 1 aromatic heterocycles. The predicted octanol–water partition coefficient (Wildman–Crippen LogP) is 7.17. The molecule has 0 amide bonds. The monoisotopic (exact) mass is 488 g/mol. The number of aryl methyl sites for hydroxylation is 1. The molecule has 0 spiro atoms. The molecule has 1 fully saturated rings. The van der Waals surface area contributed by atoms with E-state index in [9.17, 15) is 13.2 Å². The molecule has 1 aliphatic rings. The molecule has 1 N–H and O–H groups in total. The van der Waals surface area contributed by atoms with Crippen LogP contribution in [-0.4, -0.2) is 24.5 Å². The summed E-state index contributed by atoms with van der Waals surface area (Å²) < 4.78 is 29.5. The van der Waals surface area contributed by atoms with E-state index >= 15 is 0 Å². The molecule has 1 aliphatic carbocycles. The van der Waals surface area contributed by atoms with Gasteiger partial charge in [0.25, 0.3) is 0 Å². The number of carbonyl (C=O) groups is 1. The van der Waals surface area contributed by atoms with Crippen LogP contribution in [0, 0.1) is 11.8 Å². The van der Waals surface area contributed by atoms with Gasteiger partial charge in [-0.1, -0.05) is 46.5 Å². The summed E-state index contributed by atoms with van der Waals surface area (Å²) >= 11 is 0. The van der Waals surface area contributed by atoms with Crippen molar-refractivity contribution in [2.24, 2.45) is 18.9 Å². The molecule has 0 aliphatic heterocycles. The highest BCUT2D eigenvalue weighted by Crippen LogP contribution is 2.37. The molecule has 2 atom stereocenters. The Hall–Kier alpha value is -1.82. The van der Waals surface area contributed by atoms with Gasteiger partial charge in [0.1, 0.15) is 5.78 Å². The summed E-state index contributed by atoms with van der Waals surface area (Å²) in [6.45, 7) is 6.31. The van der Waals surface area contributed by atoms with Crippen molar-refractivity contribution in [3.05, 3.63) is 30.0 Å². The second-order valence-electron chi connectivity index (χ2n) is 10.3. The number of rotatable bonds is 14. The van der Waals surface area contributed by atoms with Gasteiger partial charge in [-0.2, -0.15) is 0 Å². The average molecular weight is 489 g/mol. The number of sulfonamides is 1. The molecule has 3 rings (SSSR count). The third kappa shape index (κ3) is 6.87. The van der Waals surface area contributed by atoms with Crippen molar-refractivity contribution in [2.45, 2.75) is 97.3 Å². The number of ketones is 1. The van der Waals surface area contributed by atoms with Crippen molar-refractivity contribution >= 4 is 32.4 Å². The molecule has 6 heteroatoms. The topological polar surface area (TPSA) is 68.2 Å².